The van der Waals surface area contributed by atoms with Crippen molar-refractivity contribution in [1.82, 2.24) is 0 Å². The van der Waals surface area contributed by atoms with Crippen molar-refractivity contribution in [3.63, 3.8) is 0 Å². The van der Waals surface area contributed by atoms with Crippen LogP contribution in [0.25, 0.3) is 0 Å². The van der Waals surface area contributed by atoms with Crippen molar-refractivity contribution >= 4 is 19.8 Å². The van der Waals surface area contributed by atoms with Crippen LogP contribution in [0, 0.1) is 0 Å². The molecule has 0 saturated heterocycles. The molecule has 0 aromatic carbocycles. The summed E-state index contributed by atoms with van der Waals surface area (Å²) in [4.78, 5) is 2.59. The van der Waals surface area contributed by atoms with Crippen LogP contribution in [0.5, 0.6) is 0 Å². The Balaban J connectivity index is 3.31. The Hall–Kier alpha value is 0.759. The molecule has 0 bridgehead atoms. The Kier molecular flexibility index (Phi) is 7.52. The van der Waals surface area contributed by atoms with E-state index in [1.807, 2.05) is 0 Å². The zero-order chi connectivity index (χ0) is 10.3. The fourth-order valence-corrected chi connectivity index (χ4v) is 7.08. The molecule has 0 unspecified atom stereocenters. The summed E-state index contributed by atoms with van der Waals surface area (Å²) in [7, 11) is 6.89. The van der Waals surface area contributed by atoms with Crippen molar-refractivity contribution in [3.05, 3.63) is 0 Å². The normalized spacial score (nSPS) is 12.5. The van der Waals surface area contributed by atoms with Crippen LogP contribution < -0.4 is 0 Å². The molecule has 1 nitrogen and oxygen atoms in total. The fourth-order valence-electron chi connectivity index (χ4n) is 1.46. The number of unbranched alkanes of at least 4 members (excludes halogenated alkanes) is 1. The molecule has 1 radical (unpaired) electrons. The van der Waals surface area contributed by atoms with Gasteiger partial charge in [0.15, 0.2) is 0 Å². The molecule has 0 aromatic rings. The Labute approximate surface area is 91.8 Å². The average Bonchev–Trinajstić information content (AvgIpc) is 1.98. The van der Waals surface area contributed by atoms with Gasteiger partial charge in [0.25, 0.3) is 0 Å². The van der Waals surface area contributed by atoms with E-state index in [9.17, 15) is 0 Å². The molecule has 0 amide bonds. The molecule has 0 fully saturated rings. The quantitative estimate of drug-likeness (QED) is 0.500. The van der Waals surface area contributed by atoms with Crippen molar-refractivity contribution in [2.24, 2.45) is 0 Å². The molecule has 0 aliphatic carbocycles. The Morgan fingerprint density at radius 2 is 1.54 bits per heavy atom. The number of nitrogens with zero attached hydrogens (tertiary/aromatic N) is 1. The van der Waals surface area contributed by atoms with E-state index in [0.717, 1.165) is 4.48 Å². The van der Waals surface area contributed by atoms with Gasteiger partial charge in [0, 0.05) is 0 Å². The second-order valence-electron chi connectivity index (χ2n) is 5.18. The standard InChI is InChI=1S/C6H15N.C4H9.CH3.Sn/c1-5-6-7(2,3)4;1-3-4-2;;/h1,5-6H2,2-4H3;1,3-4H2,2H3;1H3;/q+1;;;. The molecule has 0 heterocycles. The van der Waals surface area contributed by atoms with Gasteiger partial charge in [0.2, 0.25) is 0 Å². The van der Waals surface area contributed by atoms with Gasteiger partial charge in [-0.15, -0.1) is 0 Å². The maximum atomic E-state index is 2.59. The molecule has 0 atom stereocenters. The molecule has 79 valence electrons. The van der Waals surface area contributed by atoms with E-state index in [1.165, 1.54) is 25.8 Å². The van der Waals surface area contributed by atoms with Gasteiger partial charge in [-0.05, 0) is 0 Å². The summed E-state index contributed by atoms with van der Waals surface area (Å²) < 4.78 is 4.37. The zero-order valence-electron chi connectivity index (χ0n) is 10.2. The van der Waals surface area contributed by atoms with E-state index in [1.54, 1.807) is 8.87 Å². The summed E-state index contributed by atoms with van der Waals surface area (Å²) in [5.41, 5.74) is 0. The average molecular weight is 292 g/mol. The molecule has 0 spiro atoms. The van der Waals surface area contributed by atoms with E-state index >= 15 is 0 Å². The maximum absolute atomic E-state index is 2.59. The fraction of sp³-hybridized carbons (Fsp3) is 1.00. The second kappa shape index (κ2) is 7.10. The van der Waals surface area contributed by atoms with Crippen LogP contribution in [-0.2, 0) is 0 Å². The predicted octanol–water partition coefficient (Wildman–Crippen LogP) is 3.01. The van der Waals surface area contributed by atoms with Crippen LogP contribution in [-0.4, -0.2) is 51.9 Å². The Morgan fingerprint density at radius 3 is 2.00 bits per heavy atom. The van der Waals surface area contributed by atoms with E-state index in [0.29, 0.717) is 0 Å². The first-order chi connectivity index (χ1) is 5.95. The number of hydrogen-bond donors (Lipinski definition) is 0. The van der Waals surface area contributed by atoms with Gasteiger partial charge in [-0.2, -0.15) is 0 Å². The summed E-state index contributed by atoms with van der Waals surface area (Å²) in [6.07, 6.45) is 4.36. The van der Waals surface area contributed by atoms with Crippen molar-refractivity contribution < 1.29 is 4.48 Å². The van der Waals surface area contributed by atoms with Gasteiger partial charge in [0.05, 0.1) is 0 Å². The summed E-state index contributed by atoms with van der Waals surface area (Å²) >= 11 is -0.842. The zero-order valence-corrected chi connectivity index (χ0v) is 13.0. The molecule has 0 saturated carbocycles. The van der Waals surface area contributed by atoms with E-state index in [-0.39, 0.29) is 0 Å². The van der Waals surface area contributed by atoms with Gasteiger partial charge >= 0.3 is 91.9 Å². The van der Waals surface area contributed by atoms with Crippen molar-refractivity contribution in [1.29, 1.82) is 0 Å². The first-order valence-corrected chi connectivity index (χ1v) is 12.5. The first-order valence-electron chi connectivity index (χ1n) is 5.57. The molecule has 0 N–H and O–H groups in total. The molecular formula is C11H27NSn+. The monoisotopic (exact) mass is 293 g/mol. The summed E-state index contributed by atoms with van der Waals surface area (Å²) in [5.74, 6) is 0. The molecular weight excluding hydrogens is 265 g/mol. The third-order valence-electron chi connectivity index (χ3n) is 2.39. The van der Waals surface area contributed by atoms with Crippen LogP contribution in [0.15, 0.2) is 0 Å². The molecule has 0 aliphatic rings. The number of hydrogen-bond acceptors (Lipinski definition) is 0. The van der Waals surface area contributed by atoms with Crippen LogP contribution in [0.1, 0.15) is 26.2 Å². The summed E-state index contributed by atoms with van der Waals surface area (Å²) in [6.45, 7) is 3.67. The van der Waals surface area contributed by atoms with Gasteiger partial charge in [-0.25, -0.2) is 0 Å². The third kappa shape index (κ3) is 10.7. The topological polar surface area (TPSA) is 0 Å². The van der Waals surface area contributed by atoms with Crippen LogP contribution in [0.3, 0.4) is 0 Å². The van der Waals surface area contributed by atoms with Gasteiger partial charge < -0.3 is 0 Å². The molecule has 0 aliphatic heterocycles. The first kappa shape index (κ1) is 13.8. The number of quaternary nitrogens is 1. The third-order valence-corrected chi connectivity index (χ3v) is 9.28. The van der Waals surface area contributed by atoms with E-state index in [4.69, 9.17) is 0 Å². The van der Waals surface area contributed by atoms with Crippen LogP contribution >= 0.6 is 0 Å². The molecule has 2 heteroatoms. The van der Waals surface area contributed by atoms with Gasteiger partial charge in [-0.3, -0.25) is 0 Å². The molecule has 0 aromatic heterocycles. The predicted molar refractivity (Wildman–Crippen MR) is 63.7 cm³/mol. The van der Waals surface area contributed by atoms with Crippen LogP contribution in [0.4, 0.5) is 0 Å². The van der Waals surface area contributed by atoms with E-state index in [2.05, 4.69) is 33.0 Å². The van der Waals surface area contributed by atoms with Gasteiger partial charge in [0.1, 0.15) is 0 Å². The summed E-state index contributed by atoms with van der Waals surface area (Å²) in [5, 5.41) is 0. The van der Waals surface area contributed by atoms with Crippen LogP contribution in [0.2, 0.25) is 13.8 Å². The minimum atomic E-state index is -0.842. The van der Waals surface area contributed by atoms with Crippen molar-refractivity contribution in [2.75, 3.05) is 27.7 Å². The minimum absolute atomic E-state index is 0.842. The van der Waals surface area contributed by atoms with Crippen molar-refractivity contribution in [2.45, 2.75) is 40.0 Å². The number of rotatable bonds is 7. The SMILES string of the molecule is CCC[CH2][Sn]([CH3])[CH2]CC[N+](C)(C)C. The van der Waals surface area contributed by atoms with Crippen molar-refractivity contribution in [3.8, 4) is 0 Å². The molecule has 13 heavy (non-hydrogen) atoms. The van der Waals surface area contributed by atoms with Gasteiger partial charge in [-0.1, -0.05) is 0 Å². The second-order valence-corrected chi connectivity index (χ2v) is 13.5. The molecule has 0 rings (SSSR count). The van der Waals surface area contributed by atoms with E-state index < -0.39 is 19.8 Å². The summed E-state index contributed by atoms with van der Waals surface area (Å²) in [6, 6.07) is 0. The Bertz CT molecular complexity index is 118. The Morgan fingerprint density at radius 1 is 1.00 bits per heavy atom.